The minimum atomic E-state index is -1.72. The van der Waals surface area contributed by atoms with E-state index in [9.17, 15) is 20.4 Å². The van der Waals surface area contributed by atoms with E-state index in [1.165, 1.54) is 96.1 Å². The normalized spacial score (nSPS) is 12.5. The summed E-state index contributed by atoms with van der Waals surface area (Å²) in [4.78, 5) is 25.6. The van der Waals surface area contributed by atoms with Gasteiger partial charge in [-0.3, -0.25) is 0 Å². The van der Waals surface area contributed by atoms with Crippen LogP contribution in [0.1, 0.15) is 47.9 Å². The molecule has 0 unspecified atom stereocenters. The fraction of sp³-hybridized carbons (Fsp3) is 0.182. The van der Waals surface area contributed by atoms with Crippen LogP contribution in [0.15, 0.2) is 97.1 Å². The Labute approximate surface area is 384 Å². The standard InChI is InChI=1S/C25H21N3O4.C13H11Cl2N3.C6H6O2.Al.3ClH/c29-17-7-9-19(21(31)12-17)24-26-23(16-6-5-14-3-1-2-4-15(14)11-16)27-25(28-24)20-10-8-18(30)13-22(20)32;14-12-16-11(17-13(15)18-12)10-6-5-8-3-1-2-4-9(8)7-10;7-5-2-1-3-6(8)4-5;;;;/h5-13,29-32H,1-4H2;5-7H,1-4H2;1-4,7-8H;;3*1H/q;;;+3;;;/p-3. The summed E-state index contributed by atoms with van der Waals surface area (Å²) in [6.45, 7) is 0. The maximum Gasteiger partial charge on any atom is 0.643 e. The van der Waals surface area contributed by atoms with Crippen LogP contribution >= 0.6 is 53.3 Å². The molecule has 318 valence electrons. The van der Waals surface area contributed by atoms with Crippen LogP contribution in [0, 0.1) is 0 Å². The summed E-state index contributed by atoms with van der Waals surface area (Å²) in [5.74, 6) is 1.02. The zero-order valence-corrected chi connectivity index (χ0v) is 37.7. The molecule has 0 aliphatic heterocycles. The van der Waals surface area contributed by atoms with Gasteiger partial charge in [0.15, 0.2) is 23.3 Å². The highest BCUT2D eigenvalue weighted by molar-refractivity contribution is 7.54. The molecule has 2 aromatic heterocycles. The van der Waals surface area contributed by atoms with Crippen molar-refractivity contribution in [3.8, 4) is 80.0 Å². The van der Waals surface area contributed by atoms with Crippen molar-refractivity contribution in [2.45, 2.75) is 51.4 Å². The number of aromatic nitrogens is 6. The van der Waals surface area contributed by atoms with Crippen molar-refractivity contribution in [2.75, 3.05) is 0 Å². The average Bonchev–Trinajstić information content (AvgIpc) is 3.23. The Kier molecular flexibility index (Phi) is 16.3. The summed E-state index contributed by atoms with van der Waals surface area (Å²) >= 11 is 9.87. The van der Waals surface area contributed by atoms with Crippen LogP contribution in [0.2, 0.25) is 10.6 Å². The van der Waals surface area contributed by atoms with E-state index in [-0.39, 0.29) is 56.7 Å². The molecule has 7 aromatic rings. The molecule has 18 heteroatoms. The van der Waals surface area contributed by atoms with Crippen molar-refractivity contribution >= 4 is 64.7 Å². The summed E-state index contributed by atoms with van der Waals surface area (Å²) < 4.78 is 0. The van der Waals surface area contributed by atoms with E-state index in [1.807, 2.05) is 12.1 Å². The average molecular weight is 951 g/mol. The smallest absolute Gasteiger partial charge is 0.508 e. The topological polar surface area (TPSA) is 199 Å². The Balaban J connectivity index is 0.000000177. The third-order valence-corrected chi connectivity index (χ3v) is 10.0. The molecule has 6 N–H and O–H groups in total. The van der Waals surface area contributed by atoms with E-state index in [1.54, 1.807) is 6.07 Å². The molecule has 0 fully saturated rings. The summed E-state index contributed by atoms with van der Waals surface area (Å²) in [6.07, 6.45) is 9.20. The molecule has 12 nitrogen and oxygen atoms in total. The molecule has 0 atom stereocenters. The van der Waals surface area contributed by atoms with Gasteiger partial charge in [-0.2, -0.15) is 15.0 Å². The Morgan fingerprint density at radius 2 is 0.758 bits per heavy atom. The fourth-order valence-corrected chi connectivity index (χ4v) is 7.22. The first-order valence-corrected chi connectivity index (χ1v) is 25.2. The minimum absolute atomic E-state index is 0.0772. The quantitative estimate of drug-likeness (QED) is 0.0914. The molecule has 0 bridgehead atoms. The first-order valence-electron chi connectivity index (χ1n) is 19.2. The largest absolute Gasteiger partial charge is 0.643 e. The predicted molar refractivity (Wildman–Crippen MR) is 244 cm³/mol. The van der Waals surface area contributed by atoms with Crippen LogP contribution in [-0.4, -0.2) is 71.9 Å². The van der Waals surface area contributed by atoms with E-state index in [0.717, 1.165) is 43.2 Å². The Hall–Kier alpha value is -5.10. The fourth-order valence-electron chi connectivity index (χ4n) is 6.86. The van der Waals surface area contributed by atoms with Gasteiger partial charge in [0.25, 0.3) is 0 Å². The second kappa shape index (κ2) is 21.8. The lowest BCUT2D eigenvalue weighted by Gasteiger charge is -2.16. The van der Waals surface area contributed by atoms with Gasteiger partial charge in [0.2, 0.25) is 10.6 Å². The number of aryl methyl sites for hydroxylation is 4. The number of halogens is 5. The van der Waals surface area contributed by atoms with E-state index < -0.39 is 11.4 Å². The number of rotatable bonds is 4. The van der Waals surface area contributed by atoms with Crippen LogP contribution in [0.4, 0.5) is 0 Å². The van der Waals surface area contributed by atoms with E-state index in [4.69, 9.17) is 63.6 Å². The number of nitrogens with zero attached hydrogens (tertiary/aromatic N) is 6. The van der Waals surface area contributed by atoms with Gasteiger partial charge in [-0.25, -0.2) is 45.1 Å². The van der Waals surface area contributed by atoms with Gasteiger partial charge in [-0.1, -0.05) is 30.3 Å². The van der Waals surface area contributed by atoms with Crippen LogP contribution < -0.4 is 0 Å². The lowest BCUT2D eigenvalue weighted by molar-refractivity contribution is 0.449. The zero-order chi connectivity index (χ0) is 44.3. The number of benzene rings is 5. The van der Waals surface area contributed by atoms with Crippen molar-refractivity contribution in [1.82, 2.24) is 29.9 Å². The highest BCUT2D eigenvalue weighted by Crippen LogP contribution is 2.36. The monoisotopic (exact) mass is 948 g/mol. The van der Waals surface area contributed by atoms with Gasteiger partial charge < -0.3 is 30.6 Å². The highest BCUT2D eigenvalue weighted by Gasteiger charge is 2.19. The van der Waals surface area contributed by atoms with Crippen molar-refractivity contribution in [3.05, 3.63) is 130 Å². The number of hydrogen-bond acceptors (Lipinski definition) is 12. The van der Waals surface area contributed by atoms with Crippen molar-refractivity contribution < 1.29 is 30.6 Å². The van der Waals surface area contributed by atoms with Crippen LogP contribution in [0.25, 0.3) is 45.6 Å². The third kappa shape index (κ3) is 13.0. The van der Waals surface area contributed by atoms with E-state index >= 15 is 0 Å². The summed E-state index contributed by atoms with van der Waals surface area (Å²) in [5, 5.41) is 57.6. The maximum atomic E-state index is 10.4. The molecule has 0 spiro atoms. The van der Waals surface area contributed by atoms with Gasteiger partial charge in [0.05, 0.1) is 11.1 Å². The van der Waals surface area contributed by atoms with E-state index in [2.05, 4.69) is 54.2 Å². The van der Waals surface area contributed by atoms with Gasteiger partial charge in [-0.15, -0.1) is 0 Å². The van der Waals surface area contributed by atoms with Crippen LogP contribution in [-0.2, 0) is 25.7 Å². The zero-order valence-electron chi connectivity index (χ0n) is 32.7. The lowest BCUT2D eigenvalue weighted by Crippen LogP contribution is -2.04. The molecule has 62 heavy (non-hydrogen) atoms. The molecule has 5 aromatic carbocycles. The molecule has 0 saturated heterocycles. The van der Waals surface area contributed by atoms with Gasteiger partial charge in [0.1, 0.15) is 34.5 Å². The Bertz CT molecular complexity index is 2570. The second-order valence-corrected chi connectivity index (χ2v) is 21.2. The first-order chi connectivity index (χ1) is 29.7. The van der Waals surface area contributed by atoms with E-state index in [0.29, 0.717) is 22.8 Å². The molecule has 2 heterocycles. The van der Waals surface area contributed by atoms with Crippen LogP contribution in [0.5, 0.6) is 34.5 Å². The summed E-state index contributed by atoms with van der Waals surface area (Å²) in [6, 6.07) is 26.7. The van der Waals surface area contributed by atoms with Gasteiger partial charge >= 0.3 is 11.4 Å². The molecular formula is C44H38AlCl5N6O6. The van der Waals surface area contributed by atoms with Crippen LogP contribution in [0.3, 0.4) is 0 Å². The molecule has 2 aliphatic carbocycles. The Morgan fingerprint density at radius 1 is 0.387 bits per heavy atom. The molecule has 0 radical (unpaired) electrons. The first kappa shape index (κ1) is 46.4. The molecular weight excluding hydrogens is 913 g/mol. The SMILES string of the molecule is Clc1nc(Cl)nc(-c2ccc3c(c2)CCCC3)n1.Oc1ccc(-c2nc(-c3ccc4c(c3)CCCC4)nc(-c3ccc(O)cc3O)n2)c(O)c1.Oc1cccc(O)c1.[Cl][Al]([Cl])[Cl]. The predicted octanol–water partition coefficient (Wildman–Crippen LogP) is 11.1. The molecule has 2 aliphatic rings. The van der Waals surface area contributed by atoms with Crippen molar-refractivity contribution in [1.29, 1.82) is 0 Å². The lowest BCUT2D eigenvalue weighted by atomic mass is 9.90. The van der Waals surface area contributed by atoms with Crippen molar-refractivity contribution in [3.63, 3.8) is 0 Å². The summed E-state index contributed by atoms with van der Waals surface area (Å²) in [5.41, 5.74) is 7.82. The number of aromatic hydroxyl groups is 6. The molecule has 0 amide bonds. The minimum Gasteiger partial charge on any atom is -0.508 e. The van der Waals surface area contributed by atoms with Gasteiger partial charge in [0, 0.05) is 29.3 Å². The Morgan fingerprint density at radius 3 is 1.15 bits per heavy atom. The van der Waals surface area contributed by atoms with Gasteiger partial charge in [-0.05, 0) is 145 Å². The number of phenols is 6. The summed E-state index contributed by atoms with van der Waals surface area (Å²) in [7, 11) is 14.8. The molecule has 9 rings (SSSR count). The maximum absolute atomic E-state index is 10.4. The van der Waals surface area contributed by atoms with Crippen molar-refractivity contribution in [2.24, 2.45) is 0 Å². The molecule has 0 saturated carbocycles. The second-order valence-electron chi connectivity index (χ2n) is 14.1. The number of fused-ring (bicyclic) bond motifs is 2. The number of hydrogen-bond donors (Lipinski definition) is 6. The number of phenolic OH excluding ortho intramolecular Hbond substituents is 6. The third-order valence-electron chi connectivity index (χ3n) is 9.70. The highest BCUT2D eigenvalue weighted by atomic mass is 35.8.